The highest BCUT2D eigenvalue weighted by atomic mass is 35.5. The SMILES string of the molecule is COc1ccc(OC2CCCN(C(=O)CCCl)C2)nn1. The van der Waals surface area contributed by atoms with Crippen LogP contribution in [0.5, 0.6) is 11.8 Å². The average Bonchev–Trinajstić information content (AvgIpc) is 2.48. The Labute approximate surface area is 123 Å². The summed E-state index contributed by atoms with van der Waals surface area (Å²) in [5.74, 6) is 1.32. The first-order valence-corrected chi connectivity index (χ1v) is 7.14. The molecule has 1 aliphatic heterocycles. The van der Waals surface area contributed by atoms with Crippen LogP contribution in [0.4, 0.5) is 0 Å². The molecule has 1 fully saturated rings. The summed E-state index contributed by atoms with van der Waals surface area (Å²) in [6.07, 6.45) is 2.14. The molecular weight excluding hydrogens is 282 g/mol. The van der Waals surface area contributed by atoms with Crippen molar-refractivity contribution in [3.05, 3.63) is 12.1 Å². The minimum atomic E-state index is -0.0503. The van der Waals surface area contributed by atoms with Gasteiger partial charge in [0.2, 0.25) is 17.7 Å². The molecule has 2 heterocycles. The molecule has 0 spiro atoms. The van der Waals surface area contributed by atoms with Gasteiger partial charge in [0.05, 0.1) is 13.7 Å². The second kappa shape index (κ2) is 7.28. The highest BCUT2D eigenvalue weighted by Crippen LogP contribution is 2.18. The fourth-order valence-electron chi connectivity index (χ4n) is 2.15. The minimum absolute atomic E-state index is 0.0503. The van der Waals surface area contributed by atoms with E-state index in [0.717, 1.165) is 19.4 Å². The van der Waals surface area contributed by atoms with Crippen LogP contribution in [0.2, 0.25) is 0 Å². The Balaban J connectivity index is 1.90. The third-order valence-electron chi connectivity index (χ3n) is 3.15. The van der Waals surface area contributed by atoms with Crippen LogP contribution in [-0.4, -0.2) is 53.2 Å². The van der Waals surface area contributed by atoms with E-state index in [4.69, 9.17) is 21.1 Å². The molecule has 1 saturated heterocycles. The van der Waals surface area contributed by atoms with Crippen molar-refractivity contribution in [2.75, 3.05) is 26.1 Å². The van der Waals surface area contributed by atoms with Crippen LogP contribution in [0, 0.1) is 0 Å². The number of nitrogens with zero attached hydrogens (tertiary/aromatic N) is 3. The highest BCUT2D eigenvalue weighted by Gasteiger charge is 2.24. The maximum absolute atomic E-state index is 11.8. The summed E-state index contributed by atoms with van der Waals surface area (Å²) in [5, 5.41) is 7.78. The Morgan fingerprint density at radius 2 is 2.20 bits per heavy atom. The van der Waals surface area contributed by atoms with Gasteiger partial charge in [-0.1, -0.05) is 0 Å². The zero-order valence-corrected chi connectivity index (χ0v) is 12.2. The molecule has 0 aliphatic carbocycles. The zero-order chi connectivity index (χ0) is 14.4. The van der Waals surface area contributed by atoms with Gasteiger partial charge in [-0.15, -0.1) is 21.8 Å². The molecule has 1 atom stereocenters. The molecule has 6 nitrogen and oxygen atoms in total. The summed E-state index contributed by atoms with van der Waals surface area (Å²) in [4.78, 5) is 13.6. The molecule has 1 aromatic heterocycles. The predicted octanol–water partition coefficient (Wildman–Crippen LogP) is 1.48. The molecule has 20 heavy (non-hydrogen) atoms. The fraction of sp³-hybridized carbons (Fsp3) is 0.615. The maximum atomic E-state index is 11.8. The lowest BCUT2D eigenvalue weighted by molar-refractivity contribution is -0.133. The molecule has 1 aliphatic rings. The second-order valence-electron chi connectivity index (χ2n) is 4.57. The number of carbonyl (C=O) groups excluding carboxylic acids is 1. The van der Waals surface area contributed by atoms with E-state index in [1.165, 1.54) is 7.11 Å². The quantitative estimate of drug-likeness (QED) is 0.771. The van der Waals surface area contributed by atoms with Gasteiger partial charge in [-0.2, -0.15) is 0 Å². The van der Waals surface area contributed by atoms with Crippen LogP contribution in [-0.2, 0) is 4.79 Å². The molecule has 0 bridgehead atoms. The number of piperidine rings is 1. The molecule has 1 amide bonds. The van der Waals surface area contributed by atoms with E-state index in [9.17, 15) is 4.79 Å². The van der Waals surface area contributed by atoms with Crippen LogP contribution in [0.25, 0.3) is 0 Å². The van der Waals surface area contributed by atoms with Crippen molar-refractivity contribution in [1.29, 1.82) is 0 Å². The Kier molecular flexibility index (Phi) is 5.40. The van der Waals surface area contributed by atoms with Gasteiger partial charge in [0.25, 0.3) is 0 Å². The molecule has 0 N–H and O–H groups in total. The number of aromatic nitrogens is 2. The van der Waals surface area contributed by atoms with Crippen molar-refractivity contribution < 1.29 is 14.3 Å². The molecule has 7 heteroatoms. The number of ether oxygens (including phenoxy) is 2. The number of hydrogen-bond acceptors (Lipinski definition) is 5. The van der Waals surface area contributed by atoms with Crippen LogP contribution >= 0.6 is 11.6 Å². The van der Waals surface area contributed by atoms with E-state index in [1.54, 1.807) is 17.0 Å². The number of methoxy groups -OCH3 is 1. The predicted molar refractivity (Wildman–Crippen MR) is 74.2 cm³/mol. The topological polar surface area (TPSA) is 64.6 Å². The Bertz CT molecular complexity index is 441. The molecule has 0 radical (unpaired) electrons. The summed E-state index contributed by atoms with van der Waals surface area (Å²) in [6.45, 7) is 1.34. The molecule has 0 aromatic carbocycles. The molecule has 1 aromatic rings. The first-order chi connectivity index (χ1) is 9.72. The van der Waals surface area contributed by atoms with Gasteiger partial charge in [0.1, 0.15) is 6.10 Å². The lowest BCUT2D eigenvalue weighted by Gasteiger charge is -2.32. The van der Waals surface area contributed by atoms with Crippen LogP contribution in [0.3, 0.4) is 0 Å². The number of amides is 1. The van der Waals surface area contributed by atoms with Gasteiger partial charge in [0.15, 0.2) is 0 Å². The molecule has 2 rings (SSSR count). The summed E-state index contributed by atoms with van der Waals surface area (Å²) in [5.41, 5.74) is 0. The Morgan fingerprint density at radius 1 is 1.45 bits per heavy atom. The van der Waals surface area contributed by atoms with Crippen molar-refractivity contribution in [3.8, 4) is 11.8 Å². The van der Waals surface area contributed by atoms with E-state index < -0.39 is 0 Å². The van der Waals surface area contributed by atoms with E-state index in [-0.39, 0.29) is 12.0 Å². The maximum Gasteiger partial charge on any atom is 0.233 e. The standard InChI is InChI=1S/C13H18ClN3O3/c1-19-11-4-5-12(16-15-11)20-10-3-2-8-17(9-10)13(18)6-7-14/h4-5,10H,2-3,6-9H2,1H3. The number of rotatable bonds is 5. The lowest BCUT2D eigenvalue weighted by atomic mass is 10.1. The summed E-state index contributed by atoms with van der Waals surface area (Å²) in [7, 11) is 1.53. The highest BCUT2D eigenvalue weighted by molar-refractivity contribution is 6.18. The van der Waals surface area contributed by atoms with Gasteiger partial charge in [-0.05, 0) is 12.8 Å². The van der Waals surface area contributed by atoms with Gasteiger partial charge in [0, 0.05) is 31.0 Å². The average molecular weight is 300 g/mol. The normalized spacial score (nSPS) is 18.7. The number of carbonyl (C=O) groups is 1. The van der Waals surface area contributed by atoms with Gasteiger partial charge in [-0.3, -0.25) is 4.79 Å². The lowest BCUT2D eigenvalue weighted by Crippen LogP contribution is -2.44. The van der Waals surface area contributed by atoms with Gasteiger partial charge in [-0.25, -0.2) is 0 Å². The zero-order valence-electron chi connectivity index (χ0n) is 11.4. The Morgan fingerprint density at radius 3 is 2.85 bits per heavy atom. The van der Waals surface area contributed by atoms with Crippen LogP contribution in [0.1, 0.15) is 19.3 Å². The van der Waals surface area contributed by atoms with E-state index in [1.807, 2.05) is 0 Å². The summed E-state index contributed by atoms with van der Waals surface area (Å²) in [6, 6.07) is 3.41. The number of alkyl halides is 1. The van der Waals surface area contributed by atoms with Crippen LogP contribution in [0.15, 0.2) is 12.1 Å². The number of likely N-dealkylation sites (tertiary alicyclic amines) is 1. The van der Waals surface area contributed by atoms with E-state index >= 15 is 0 Å². The van der Waals surface area contributed by atoms with Crippen molar-refractivity contribution in [2.24, 2.45) is 0 Å². The fourth-order valence-corrected chi connectivity index (χ4v) is 2.31. The Hall–Kier alpha value is -1.56. The van der Waals surface area contributed by atoms with Crippen molar-refractivity contribution >= 4 is 17.5 Å². The molecule has 0 saturated carbocycles. The molecule has 110 valence electrons. The smallest absolute Gasteiger partial charge is 0.233 e. The second-order valence-corrected chi connectivity index (χ2v) is 4.95. The van der Waals surface area contributed by atoms with Gasteiger partial charge < -0.3 is 14.4 Å². The first kappa shape index (κ1) is 14.8. The van der Waals surface area contributed by atoms with Crippen molar-refractivity contribution in [3.63, 3.8) is 0 Å². The monoisotopic (exact) mass is 299 g/mol. The van der Waals surface area contributed by atoms with Crippen LogP contribution < -0.4 is 9.47 Å². The minimum Gasteiger partial charge on any atom is -0.480 e. The molecular formula is C13H18ClN3O3. The van der Waals surface area contributed by atoms with Crippen molar-refractivity contribution in [2.45, 2.75) is 25.4 Å². The number of hydrogen-bond donors (Lipinski definition) is 0. The van der Waals surface area contributed by atoms with E-state index in [0.29, 0.717) is 30.6 Å². The van der Waals surface area contributed by atoms with E-state index in [2.05, 4.69) is 10.2 Å². The van der Waals surface area contributed by atoms with Gasteiger partial charge >= 0.3 is 0 Å². The summed E-state index contributed by atoms with van der Waals surface area (Å²) < 4.78 is 10.7. The third-order valence-corrected chi connectivity index (χ3v) is 3.34. The largest absolute Gasteiger partial charge is 0.480 e. The third kappa shape index (κ3) is 3.96. The first-order valence-electron chi connectivity index (χ1n) is 6.61. The molecule has 1 unspecified atom stereocenters. The van der Waals surface area contributed by atoms with Crippen molar-refractivity contribution in [1.82, 2.24) is 15.1 Å². The summed E-state index contributed by atoms with van der Waals surface area (Å²) >= 11 is 5.60. The number of halogens is 1.